The molecule has 7 heteroatoms. The summed E-state index contributed by atoms with van der Waals surface area (Å²) in [6.07, 6.45) is 3.76. The molecule has 1 spiro atoms. The molecule has 3 rings (SSSR count). The number of piperidine rings is 1. The largest absolute Gasteiger partial charge is 0.376 e. The minimum absolute atomic E-state index is 0.00964. The van der Waals surface area contributed by atoms with Gasteiger partial charge in [0.2, 0.25) is 5.95 Å². The normalized spacial score (nSPS) is 28.3. The van der Waals surface area contributed by atoms with Gasteiger partial charge >= 0.3 is 0 Å². The fourth-order valence-electron chi connectivity index (χ4n) is 3.43. The predicted octanol–water partition coefficient (Wildman–Crippen LogP) is 0.718. The van der Waals surface area contributed by atoms with Crippen LogP contribution in [0.4, 0.5) is 5.95 Å². The minimum Gasteiger partial charge on any atom is -0.376 e. The number of rotatable bonds is 1. The molecule has 0 radical (unpaired) electrons. The zero-order chi connectivity index (χ0) is 15.2. The molecule has 0 unspecified atom stereocenters. The molecule has 2 saturated heterocycles. The number of nitrogens with zero attached hydrogens (tertiary/aromatic N) is 3. The van der Waals surface area contributed by atoms with Crippen LogP contribution in [0.5, 0.6) is 0 Å². The van der Waals surface area contributed by atoms with Gasteiger partial charge < -0.3 is 15.4 Å². The summed E-state index contributed by atoms with van der Waals surface area (Å²) >= 11 is 2.02. The van der Waals surface area contributed by atoms with Crippen molar-refractivity contribution in [2.24, 2.45) is 18.2 Å². The van der Waals surface area contributed by atoms with E-state index in [4.69, 9.17) is 10.5 Å². The lowest BCUT2D eigenvalue weighted by atomic mass is 9.73. The number of ether oxygens (including phenoxy) is 1. The first kappa shape index (κ1) is 15.2. The molecule has 116 valence electrons. The van der Waals surface area contributed by atoms with Crippen LogP contribution in [0.2, 0.25) is 0 Å². The number of aromatic nitrogens is 2. The average molecular weight is 404 g/mol. The second-order valence-electron chi connectivity index (χ2n) is 6.16. The number of hydrogen-bond acceptors (Lipinski definition) is 5. The van der Waals surface area contributed by atoms with E-state index in [9.17, 15) is 4.79 Å². The quantitative estimate of drug-likeness (QED) is 0.699. The number of hydrogen-bond donors (Lipinski definition) is 1. The van der Waals surface area contributed by atoms with Crippen LogP contribution in [0, 0.1) is 8.99 Å². The SMILES string of the molecule is C[C@@H]1OCC2(CCN(c3ncc(I)c(=O)n3C)CC2)[C@@H]1N. The summed E-state index contributed by atoms with van der Waals surface area (Å²) in [4.78, 5) is 18.6. The molecule has 2 fully saturated rings. The molecule has 2 aliphatic rings. The summed E-state index contributed by atoms with van der Waals surface area (Å²) in [5.41, 5.74) is 6.44. The Morgan fingerprint density at radius 2 is 2.14 bits per heavy atom. The molecule has 3 heterocycles. The Morgan fingerprint density at radius 3 is 2.71 bits per heavy atom. The Labute approximate surface area is 137 Å². The van der Waals surface area contributed by atoms with Crippen LogP contribution in [-0.2, 0) is 11.8 Å². The van der Waals surface area contributed by atoms with Crippen LogP contribution >= 0.6 is 22.6 Å². The number of halogens is 1. The van der Waals surface area contributed by atoms with Gasteiger partial charge in [-0.25, -0.2) is 4.98 Å². The van der Waals surface area contributed by atoms with Crippen LogP contribution in [-0.4, -0.2) is 41.4 Å². The molecular formula is C14H21IN4O2. The van der Waals surface area contributed by atoms with E-state index in [1.54, 1.807) is 17.8 Å². The van der Waals surface area contributed by atoms with Crippen LogP contribution in [0.1, 0.15) is 19.8 Å². The third-order valence-electron chi connectivity index (χ3n) is 4.99. The molecule has 0 aromatic carbocycles. The lowest BCUT2D eigenvalue weighted by molar-refractivity contribution is 0.0973. The van der Waals surface area contributed by atoms with E-state index in [1.165, 1.54) is 0 Å². The third-order valence-corrected chi connectivity index (χ3v) is 5.73. The van der Waals surface area contributed by atoms with E-state index in [0.717, 1.165) is 38.5 Å². The first-order valence-corrected chi connectivity index (χ1v) is 8.36. The van der Waals surface area contributed by atoms with Crippen molar-refractivity contribution in [1.29, 1.82) is 0 Å². The Morgan fingerprint density at radius 1 is 1.48 bits per heavy atom. The van der Waals surface area contributed by atoms with Crippen molar-refractivity contribution in [3.8, 4) is 0 Å². The van der Waals surface area contributed by atoms with E-state index < -0.39 is 0 Å². The average Bonchev–Trinajstić information content (AvgIpc) is 2.75. The summed E-state index contributed by atoms with van der Waals surface area (Å²) in [7, 11) is 1.78. The summed E-state index contributed by atoms with van der Waals surface area (Å²) < 4.78 is 8.02. The lowest BCUT2D eigenvalue weighted by Crippen LogP contribution is -2.51. The van der Waals surface area contributed by atoms with Gasteiger partial charge in [-0.1, -0.05) is 0 Å². The lowest BCUT2D eigenvalue weighted by Gasteiger charge is -2.41. The zero-order valence-corrected chi connectivity index (χ0v) is 14.5. The topological polar surface area (TPSA) is 73.4 Å². The van der Waals surface area contributed by atoms with Crippen molar-refractivity contribution in [3.05, 3.63) is 20.1 Å². The van der Waals surface area contributed by atoms with Crippen molar-refractivity contribution < 1.29 is 4.74 Å². The smallest absolute Gasteiger partial charge is 0.268 e. The Hall–Kier alpha value is -0.670. The second-order valence-corrected chi connectivity index (χ2v) is 7.32. The van der Waals surface area contributed by atoms with Gasteiger partial charge in [0, 0.05) is 37.8 Å². The molecule has 0 aliphatic carbocycles. The fraction of sp³-hybridized carbons (Fsp3) is 0.714. The maximum Gasteiger partial charge on any atom is 0.268 e. The molecule has 6 nitrogen and oxygen atoms in total. The van der Waals surface area contributed by atoms with Gasteiger partial charge in [0.15, 0.2) is 0 Å². The Kier molecular flexibility index (Phi) is 4.00. The fourth-order valence-corrected chi connectivity index (χ4v) is 3.93. The van der Waals surface area contributed by atoms with E-state index in [2.05, 4.69) is 16.8 Å². The van der Waals surface area contributed by atoms with Crippen molar-refractivity contribution >= 4 is 28.5 Å². The van der Waals surface area contributed by atoms with Crippen molar-refractivity contribution in [3.63, 3.8) is 0 Å². The maximum atomic E-state index is 12.0. The van der Waals surface area contributed by atoms with Crippen molar-refractivity contribution in [2.45, 2.75) is 31.9 Å². The van der Waals surface area contributed by atoms with Crippen molar-refractivity contribution in [2.75, 3.05) is 24.6 Å². The summed E-state index contributed by atoms with van der Waals surface area (Å²) in [5, 5.41) is 0. The van der Waals surface area contributed by atoms with Crippen molar-refractivity contribution in [1.82, 2.24) is 9.55 Å². The highest BCUT2D eigenvalue weighted by molar-refractivity contribution is 14.1. The molecule has 2 aliphatic heterocycles. The van der Waals surface area contributed by atoms with Gasteiger partial charge in [0.05, 0.1) is 16.3 Å². The monoisotopic (exact) mass is 404 g/mol. The molecule has 1 aromatic heterocycles. The molecule has 21 heavy (non-hydrogen) atoms. The van der Waals surface area contributed by atoms with E-state index in [1.807, 2.05) is 22.6 Å². The third kappa shape index (κ3) is 2.49. The molecule has 0 amide bonds. The second kappa shape index (κ2) is 5.51. The molecule has 0 saturated carbocycles. The summed E-state index contributed by atoms with van der Waals surface area (Å²) in [5.74, 6) is 0.746. The highest BCUT2D eigenvalue weighted by atomic mass is 127. The maximum absolute atomic E-state index is 12.0. The van der Waals surface area contributed by atoms with Gasteiger partial charge in [-0.3, -0.25) is 9.36 Å². The van der Waals surface area contributed by atoms with Gasteiger partial charge in [0.1, 0.15) is 0 Å². The van der Waals surface area contributed by atoms with Crippen LogP contribution in [0.15, 0.2) is 11.0 Å². The highest BCUT2D eigenvalue weighted by Gasteiger charge is 2.47. The summed E-state index contributed by atoms with van der Waals surface area (Å²) in [6.45, 7) is 4.54. The molecular weight excluding hydrogens is 383 g/mol. The molecule has 1 aromatic rings. The molecule has 2 N–H and O–H groups in total. The number of anilines is 1. The predicted molar refractivity (Wildman–Crippen MR) is 89.5 cm³/mol. The molecule has 0 bridgehead atoms. The van der Waals surface area contributed by atoms with Gasteiger partial charge in [0.25, 0.3) is 5.56 Å². The minimum atomic E-state index is 0.00964. The first-order valence-electron chi connectivity index (χ1n) is 7.28. The Balaban J connectivity index is 1.78. The van der Waals surface area contributed by atoms with E-state index in [-0.39, 0.29) is 23.1 Å². The van der Waals surface area contributed by atoms with Crippen LogP contribution < -0.4 is 16.2 Å². The number of nitrogens with two attached hydrogens (primary N) is 1. The zero-order valence-electron chi connectivity index (χ0n) is 12.4. The standard InChI is InChI=1S/C14H21IN4O2/c1-9-11(16)14(8-21-9)3-5-19(6-4-14)13-17-7-10(15)12(20)18(13)2/h7,9,11H,3-6,8,16H2,1-2H3/t9-,11+/m0/s1. The van der Waals surface area contributed by atoms with Gasteiger partial charge in [-0.15, -0.1) is 0 Å². The molecule has 2 atom stereocenters. The first-order chi connectivity index (χ1) is 9.94. The van der Waals surface area contributed by atoms with Gasteiger partial charge in [-0.05, 0) is 42.4 Å². The van der Waals surface area contributed by atoms with Crippen LogP contribution in [0.25, 0.3) is 0 Å². The summed E-state index contributed by atoms with van der Waals surface area (Å²) in [6, 6.07) is 0.105. The Bertz CT molecular complexity index is 595. The van der Waals surface area contributed by atoms with E-state index in [0.29, 0.717) is 3.57 Å². The van der Waals surface area contributed by atoms with Gasteiger partial charge in [-0.2, -0.15) is 0 Å². The van der Waals surface area contributed by atoms with E-state index >= 15 is 0 Å². The van der Waals surface area contributed by atoms with Crippen LogP contribution in [0.3, 0.4) is 0 Å². The highest BCUT2D eigenvalue weighted by Crippen LogP contribution is 2.41.